The standard InChI is InChI=1S/C8H7FN2S.C2H3F3/c1-4-2-6-7(3-5(4)9)11-8(12)10-6;1-2(3,4)5/h2-3H,1H3,(H2,10,11,12);1H3. The maximum Gasteiger partial charge on any atom is 0.386 e. The van der Waals surface area contributed by atoms with Crippen molar-refractivity contribution in [1.82, 2.24) is 9.97 Å². The third kappa shape index (κ3) is 4.64. The third-order valence-electron chi connectivity index (χ3n) is 1.75. The summed E-state index contributed by atoms with van der Waals surface area (Å²) in [4.78, 5) is 6.90. The van der Waals surface area contributed by atoms with Gasteiger partial charge in [0.05, 0.1) is 11.0 Å². The average Bonchev–Trinajstić information content (AvgIpc) is 2.42. The van der Waals surface area contributed by atoms with Gasteiger partial charge in [0.2, 0.25) is 0 Å². The largest absolute Gasteiger partial charge is 0.386 e. The van der Waals surface area contributed by atoms with Crippen molar-refractivity contribution < 1.29 is 17.6 Å². The van der Waals surface area contributed by atoms with Crippen LogP contribution in [0.3, 0.4) is 0 Å². The van der Waals surface area contributed by atoms with E-state index in [9.17, 15) is 17.6 Å². The number of benzene rings is 1. The number of rotatable bonds is 0. The van der Waals surface area contributed by atoms with E-state index in [1.807, 2.05) is 0 Å². The highest BCUT2D eigenvalue weighted by molar-refractivity contribution is 7.80. The topological polar surface area (TPSA) is 28.7 Å². The van der Waals surface area contributed by atoms with Crippen LogP contribution in [-0.2, 0) is 0 Å². The number of fused-ring (bicyclic) bond motifs is 1. The Labute approximate surface area is 100 Å². The maximum absolute atomic E-state index is 13.0. The molecule has 7 heteroatoms. The van der Waals surface area contributed by atoms with E-state index in [1.165, 1.54) is 6.07 Å². The zero-order chi connectivity index (χ0) is 13.2. The van der Waals surface area contributed by atoms with Gasteiger partial charge in [-0.05, 0) is 24.6 Å². The molecule has 2 rings (SSSR count). The molecular formula is C10H10F4N2S. The molecule has 1 N–H and O–H groups in total. The normalized spacial score (nSPS) is 11.2. The van der Waals surface area contributed by atoms with Gasteiger partial charge in [-0.15, -0.1) is 12.6 Å². The van der Waals surface area contributed by atoms with Crippen LogP contribution < -0.4 is 0 Å². The molecule has 0 aliphatic rings. The van der Waals surface area contributed by atoms with Gasteiger partial charge in [0, 0.05) is 6.92 Å². The Morgan fingerprint density at radius 1 is 1.29 bits per heavy atom. The predicted molar refractivity (Wildman–Crippen MR) is 59.8 cm³/mol. The van der Waals surface area contributed by atoms with Crippen molar-refractivity contribution >= 4 is 23.7 Å². The van der Waals surface area contributed by atoms with Crippen molar-refractivity contribution in [2.24, 2.45) is 0 Å². The maximum atomic E-state index is 13.0. The molecule has 0 fully saturated rings. The van der Waals surface area contributed by atoms with Crippen LogP contribution in [0.1, 0.15) is 12.5 Å². The highest BCUT2D eigenvalue weighted by Crippen LogP contribution is 2.17. The summed E-state index contributed by atoms with van der Waals surface area (Å²) in [5.74, 6) is -0.223. The minimum Gasteiger partial charge on any atom is -0.333 e. The van der Waals surface area contributed by atoms with Crippen molar-refractivity contribution in [1.29, 1.82) is 0 Å². The first kappa shape index (κ1) is 13.8. The van der Waals surface area contributed by atoms with Crippen LogP contribution in [-0.4, -0.2) is 16.1 Å². The van der Waals surface area contributed by atoms with Crippen molar-refractivity contribution in [3.8, 4) is 0 Å². The Morgan fingerprint density at radius 2 is 1.82 bits per heavy atom. The predicted octanol–water partition coefficient (Wildman–Crippen LogP) is 3.87. The molecule has 17 heavy (non-hydrogen) atoms. The number of halogens is 4. The molecule has 94 valence electrons. The Balaban J connectivity index is 0.000000249. The second-order valence-corrected chi connectivity index (χ2v) is 3.88. The highest BCUT2D eigenvalue weighted by atomic mass is 32.1. The summed E-state index contributed by atoms with van der Waals surface area (Å²) in [5, 5.41) is 0.509. The van der Waals surface area contributed by atoms with Crippen molar-refractivity contribution in [3.63, 3.8) is 0 Å². The second kappa shape index (κ2) is 4.95. The van der Waals surface area contributed by atoms with E-state index in [2.05, 4.69) is 22.6 Å². The van der Waals surface area contributed by atoms with Crippen LogP contribution in [0.25, 0.3) is 11.0 Å². The van der Waals surface area contributed by atoms with E-state index in [-0.39, 0.29) is 12.7 Å². The lowest BCUT2D eigenvalue weighted by atomic mass is 10.2. The monoisotopic (exact) mass is 266 g/mol. The van der Waals surface area contributed by atoms with Gasteiger partial charge >= 0.3 is 6.18 Å². The Bertz CT molecular complexity index is 474. The number of imidazole rings is 1. The lowest BCUT2D eigenvalue weighted by Gasteiger charge is -1.93. The molecule has 1 heterocycles. The van der Waals surface area contributed by atoms with Gasteiger partial charge in [0.25, 0.3) is 0 Å². The van der Waals surface area contributed by atoms with Gasteiger partial charge in [-0.25, -0.2) is 9.37 Å². The van der Waals surface area contributed by atoms with E-state index < -0.39 is 6.18 Å². The molecule has 0 aliphatic carbocycles. The highest BCUT2D eigenvalue weighted by Gasteiger charge is 2.15. The molecule has 0 amide bonds. The number of H-pyrrole nitrogens is 1. The minimum absolute atomic E-state index is 0.188. The quantitative estimate of drug-likeness (QED) is 0.550. The number of nitrogens with one attached hydrogen (secondary N) is 1. The van der Waals surface area contributed by atoms with Gasteiger partial charge in [0.1, 0.15) is 5.82 Å². The number of thiol groups is 1. The zero-order valence-electron chi connectivity index (χ0n) is 9.06. The van der Waals surface area contributed by atoms with Crippen LogP contribution >= 0.6 is 12.6 Å². The van der Waals surface area contributed by atoms with Crippen LogP contribution in [0.2, 0.25) is 0 Å². The van der Waals surface area contributed by atoms with Crippen LogP contribution in [0.5, 0.6) is 0 Å². The number of aromatic nitrogens is 2. The van der Waals surface area contributed by atoms with Crippen LogP contribution in [0.15, 0.2) is 17.3 Å². The Kier molecular flexibility index (Phi) is 4.03. The summed E-state index contributed by atoms with van der Waals surface area (Å²) in [5.41, 5.74) is 2.03. The van der Waals surface area contributed by atoms with Crippen molar-refractivity contribution in [3.05, 3.63) is 23.5 Å². The molecular weight excluding hydrogens is 256 g/mol. The van der Waals surface area contributed by atoms with E-state index in [1.54, 1.807) is 13.0 Å². The molecule has 0 saturated carbocycles. The number of aromatic amines is 1. The first-order chi connectivity index (χ1) is 7.66. The van der Waals surface area contributed by atoms with Crippen molar-refractivity contribution in [2.45, 2.75) is 25.2 Å². The Hall–Kier alpha value is -1.24. The number of nitrogens with zero attached hydrogens (tertiary/aromatic N) is 1. The molecule has 1 aromatic heterocycles. The van der Waals surface area contributed by atoms with Crippen LogP contribution in [0.4, 0.5) is 17.6 Å². The number of aryl methyl sites for hydroxylation is 1. The molecule has 0 aliphatic heterocycles. The molecule has 0 atom stereocenters. The third-order valence-corrected chi connectivity index (χ3v) is 1.96. The van der Waals surface area contributed by atoms with E-state index in [0.717, 1.165) is 5.52 Å². The summed E-state index contributed by atoms with van der Waals surface area (Å²) >= 11 is 4.02. The van der Waals surface area contributed by atoms with Gasteiger partial charge < -0.3 is 4.98 Å². The fourth-order valence-corrected chi connectivity index (χ4v) is 1.35. The number of hydrogen-bond donors (Lipinski definition) is 2. The molecule has 0 unspecified atom stereocenters. The lowest BCUT2D eigenvalue weighted by Crippen LogP contribution is -1.95. The fourth-order valence-electron chi connectivity index (χ4n) is 1.12. The molecule has 0 spiro atoms. The summed E-state index contributed by atoms with van der Waals surface area (Å²) in [6.45, 7) is 1.90. The molecule has 2 nitrogen and oxygen atoms in total. The minimum atomic E-state index is -4.00. The van der Waals surface area contributed by atoms with Crippen LogP contribution in [0, 0.1) is 12.7 Å². The molecule has 0 saturated heterocycles. The number of hydrogen-bond acceptors (Lipinski definition) is 2. The Morgan fingerprint density at radius 3 is 2.35 bits per heavy atom. The number of alkyl halides is 3. The van der Waals surface area contributed by atoms with Crippen molar-refractivity contribution in [2.75, 3.05) is 0 Å². The molecule has 0 radical (unpaired) electrons. The van der Waals surface area contributed by atoms with E-state index in [0.29, 0.717) is 16.2 Å². The zero-order valence-corrected chi connectivity index (χ0v) is 9.96. The van der Waals surface area contributed by atoms with Gasteiger partial charge in [0.15, 0.2) is 5.16 Å². The average molecular weight is 266 g/mol. The summed E-state index contributed by atoms with van der Waals surface area (Å²) < 4.78 is 44.0. The smallest absolute Gasteiger partial charge is 0.333 e. The first-order valence-electron chi connectivity index (χ1n) is 4.58. The molecule has 1 aromatic carbocycles. The summed E-state index contributed by atoms with van der Waals surface area (Å²) in [6.07, 6.45) is -4.00. The lowest BCUT2D eigenvalue weighted by molar-refractivity contribution is -0.110. The van der Waals surface area contributed by atoms with Gasteiger partial charge in [-0.1, -0.05) is 0 Å². The summed E-state index contributed by atoms with van der Waals surface area (Å²) in [6, 6.07) is 3.12. The van der Waals surface area contributed by atoms with Gasteiger partial charge in [-0.3, -0.25) is 0 Å². The van der Waals surface area contributed by atoms with E-state index in [4.69, 9.17) is 0 Å². The summed E-state index contributed by atoms with van der Waals surface area (Å²) in [7, 11) is 0. The first-order valence-corrected chi connectivity index (χ1v) is 5.03. The van der Waals surface area contributed by atoms with E-state index >= 15 is 0 Å². The van der Waals surface area contributed by atoms with Gasteiger partial charge in [-0.2, -0.15) is 13.2 Å². The molecule has 2 aromatic rings. The second-order valence-electron chi connectivity index (χ2n) is 3.46. The SMILES string of the molecule is CC(F)(F)F.Cc1cc2nc(S)[nH]c2cc1F. The molecule has 0 bridgehead atoms. The fraction of sp³-hybridized carbons (Fsp3) is 0.300.